The van der Waals surface area contributed by atoms with Gasteiger partial charge in [-0.05, 0) is 30.3 Å². The van der Waals surface area contributed by atoms with Crippen LogP contribution in [0.3, 0.4) is 0 Å². The van der Waals surface area contributed by atoms with Gasteiger partial charge in [0.2, 0.25) is 11.8 Å². The van der Waals surface area contributed by atoms with Crippen LogP contribution < -0.4 is 10.2 Å². The first kappa shape index (κ1) is 19.8. The second-order valence-electron chi connectivity index (χ2n) is 5.84. The van der Waals surface area contributed by atoms with Crippen LogP contribution in [0.1, 0.15) is 6.42 Å². The zero-order valence-electron chi connectivity index (χ0n) is 13.8. The van der Waals surface area contributed by atoms with Gasteiger partial charge >= 0.3 is 6.18 Å². The maximum atomic E-state index is 13.6. The fourth-order valence-corrected chi connectivity index (χ4v) is 4.13. The molecule has 0 aliphatic carbocycles. The lowest BCUT2D eigenvalue weighted by Crippen LogP contribution is -2.50. The van der Waals surface area contributed by atoms with Crippen molar-refractivity contribution in [1.82, 2.24) is 0 Å². The van der Waals surface area contributed by atoms with Crippen LogP contribution in [0.4, 0.5) is 24.5 Å². The van der Waals surface area contributed by atoms with Crippen molar-refractivity contribution < 1.29 is 22.8 Å². The predicted molar refractivity (Wildman–Crippen MR) is 102 cm³/mol. The summed E-state index contributed by atoms with van der Waals surface area (Å²) >= 11 is 4.45. The Morgan fingerprint density at radius 2 is 1.96 bits per heavy atom. The Bertz CT molecular complexity index is 876. The second-order valence-corrected chi connectivity index (χ2v) is 7.80. The summed E-state index contributed by atoms with van der Waals surface area (Å²) in [7, 11) is 0. The lowest BCUT2D eigenvalue weighted by atomic mass is 10.1. The average Bonchev–Trinajstić information content (AvgIpc) is 2.75. The first-order valence-electron chi connectivity index (χ1n) is 7.92. The van der Waals surface area contributed by atoms with Crippen LogP contribution in [0.25, 0.3) is 0 Å². The quantitative estimate of drug-likeness (QED) is 0.668. The van der Waals surface area contributed by atoms with Crippen LogP contribution in [0.5, 0.6) is 0 Å². The fraction of sp³-hybridized carbons (Fsp3) is 0.222. The van der Waals surface area contributed by atoms with E-state index in [1.807, 2.05) is 6.07 Å². The summed E-state index contributed by atoms with van der Waals surface area (Å²) in [4.78, 5) is 26.2. The van der Waals surface area contributed by atoms with E-state index in [9.17, 15) is 22.8 Å². The Morgan fingerprint density at radius 3 is 2.67 bits per heavy atom. The van der Waals surface area contributed by atoms with E-state index in [0.717, 1.165) is 21.1 Å². The molecule has 1 N–H and O–H groups in total. The van der Waals surface area contributed by atoms with E-state index in [0.29, 0.717) is 4.90 Å². The molecule has 0 aromatic heterocycles. The summed E-state index contributed by atoms with van der Waals surface area (Å²) in [5.74, 6) is -1.68. The number of fused-ring (bicyclic) bond motifs is 1. The van der Waals surface area contributed by atoms with E-state index in [2.05, 4.69) is 21.2 Å². The van der Waals surface area contributed by atoms with Crippen molar-refractivity contribution in [1.29, 1.82) is 0 Å². The highest BCUT2D eigenvalue weighted by molar-refractivity contribution is 9.10. The Kier molecular flexibility index (Phi) is 5.81. The number of nitrogens with zero attached hydrogens (tertiary/aromatic N) is 1. The van der Waals surface area contributed by atoms with Gasteiger partial charge in [0.1, 0.15) is 6.04 Å². The molecule has 4 nitrogen and oxygen atoms in total. The van der Waals surface area contributed by atoms with Crippen molar-refractivity contribution >= 4 is 50.9 Å². The van der Waals surface area contributed by atoms with Crippen molar-refractivity contribution in [2.75, 3.05) is 16.0 Å². The normalized spacial score (nSPS) is 17.1. The SMILES string of the molecule is O=C1CC(C(F)(F)F)N(C(=O)CSc2cccc(Br)c2)c2ccccc2N1. The van der Waals surface area contributed by atoms with Gasteiger partial charge < -0.3 is 5.32 Å². The second kappa shape index (κ2) is 7.93. The van der Waals surface area contributed by atoms with Gasteiger partial charge in [0, 0.05) is 9.37 Å². The van der Waals surface area contributed by atoms with Gasteiger partial charge in [-0.2, -0.15) is 13.2 Å². The van der Waals surface area contributed by atoms with Crippen LogP contribution in [0.2, 0.25) is 0 Å². The third kappa shape index (κ3) is 4.65. The van der Waals surface area contributed by atoms with Crippen LogP contribution in [-0.2, 0) is 9.59 Å². The van der Waals surface area contributed by atoms with Crippen LogP contribution >= 0.6 is 27.7 Å². The fourth-order valence-electron chi connectivity index (χ4n) is 2.77. The van der Waals surface area contributed by atoms with E-state index >= 15 is 0 Å². The van der Waals surface area contributed by atoms with Gasteiger partial charge in [-0.3, -0.25) is 14.5 Å². The number of halogens is 4. The van der Waals surface area contributed by atoms with Crippen molar-refractivity contribution in [3.8, 4) is 0 Å². The van der Waals surface area contributed by atoms with E-state index in [1.165, 1.54) is 18.2 Å². The first-order valence-corrected chi connectivity index (χ1v) is 9.69. The Labute approximate surface area is 166 Å². The number of benzene rings is 2. The minimum atomic E-state index is -4.73. The van der Waals surface area contributed by atoms with Crippen LogP contribution in [-0.4, -0.2) is 29.8 Å². The van der Waals surface area contributed by atoms with E-state index in [-0.39, 0.29) is 17.1 Å². The Balaban J connectivity index is 1.92. The number of amides is 2. The van der Waals surface area contributed by atoms with Crippen molar-refractivity contribution in [2.45, 2.75) is 23.5 Å². The summed E-state index contributed by atoms with van der Waals surface area (Å²) in [6.07, 6.45) is -5.57. The molecule has 2 aromatic carbocycles. The number of hydrogen-bond donors (Lipinski definition) is 1. The molecule has 0 spiro atoms. The number of anilines is 2. The molecule has 9 heteroatoms. The largest absolute Gasteiger partial charge is 0.409 e. The number of carbonyl (C=O) groups is 2. The maximum absolute atomic E-state index is 13.6. The average molecular weight is 459 g/mol. The molecule has 1 aliphatic rings. The molecule has 0 fully saturated rings. The number of alkyl halides is 3. The topological polar surface area (TPSA) is 49.4 Å². The molecule has 0 bridgehead atoms. The first-order chi connectivity index (χ1) is 12.8. The van der Waals surface area contributed by atoms with Gasteiger partial charge in [-0.25, -0.2) is 0 Å². The smallest absolute Gasteiger partial charge is 0.324 e. The Hall–Kier alpha value is -2.00. The number of carbonyl (C=O) groups excluding carboxylic acids is 2. The summed E-state index contributed by atoms with van der Waals surface area (Å²) < 4.78 is 41.7. The van der Waals surface area contributed by atoms with E-state index in [4.69, 9.17) is 0 Å². The highest BCUT2D eigenvalue weighted by Crippen LogP contribution is 2.38. The summed E-state index contributed by atoms with van der Waals surface area (Å²) in [6, 6.07) is 10.9. The highest BCUT2D eigenvalue weighted by Gasteiger charge is 2.48. The van der Waals surface area contributed by atoms with Crippen LogP contribution in [0, 0.1) is 0 Å². The van der Waals surface area contributed by atoms with Gasteiger partial charge in [0.05, 0.1) is 23.5 Å². The number of nitrogens with one attached hydrogen (secondary N) is 1. The third-order valence-electron chi connectivity index (χ3n) is 3.93. The molecule has 2 amide bonds. The zero-order chi connectivity index (χ0) is 19.6. The molecule has 1 heterocycles. The number of hydrogen-bond acceptors (Lipinski definition) is 3. The lowest BCUT2D eigenvalue weighted by molar-refractivity contribution is -0.157. The van der Waals surface area contributed by atoms with E-state index < -0.39 is 30.5 Å². The maximum Gasteiger partial charge on any atom is 0.409 e. The molecule has 1 aliphatic heterocycles. The molecular weight excluding hydrogens is 445 g/mol. The standard InChI is InChI=1S/C18H14BrF3N2O2S/c19-11-4-3-5-12(8-11)27-10-17(26)24-14-7-2-1-6-13(14)23-16(25)9-15(24)18(20,21)22/h1-8,15H,9-10H2,(H,23,25). The van der Waals surface area contributed by atoms with Gasteiger partial charge in [-0.1, -0.05) is 34.1 Å². The highest BCUT2D eigenvalue weighted by atomic mass is 79.9. The molecule has 142 valence electrons. The molecule has 1 atom stereocenters. The van der Waals surface area contributed by atoms with E-state index in [1.54, 1.807) is 24.3 Å². The third-order valence-corrected chi connectivity index (χ3v) is 5.40. The molecule has 27 heavy (non-hydrogen) atoms. The van der Waals surface area contributed by atoms with Gasteiger partial charge in [0.15, 0.2) is 0 Å². The van der Waals surface area contributed by atoms with Gasteiger partial charge in [-0.15, -0.1) is 11.8 Å². The van der Waals surface area contributed by atoms with Crippen molar-refractivity contribution in [3.05, 3.63) is 53.0 Å². The zero-order valence-corrected chi connectivity index (χ0v) is 16.2. The van der Waals surface area contributed by atoms with Gasteiger partial charge in [0.25, 0.3) is 0 Å². The molecule has 0 radical (unpaired) electrons. The number of rotatable bonds is 3. The monoisotopic (exact) mass is 458 g/mol. The number of thioether (sulfide) groups is 1. The lowest BCUT2D eigenvalue weighted by Gasteiger charge is -2.31. The molecule has 0 saturated heterocycles. The number of para-hydroxylation sites is 2. The molecule has 1 unspecified atom stereocenters. The molecule has 2 aromatic rings. The molecular formula is C18H14BrF3N2O2S. The summed E-state index contributed by atoms with van der Waals surface area (Å²) in [6.45, 7) is 0. The summed E-state index contributed by atoms with van der Waals surface area (Å²) in [5, 5.41) is 2.44. The molecule has 0 saturated carbocycles. The predicted octanol–water partition coefficient (Wildman–Crippen LogP) is 4.85. The Morgan fingerprint density at radius 1 is 1.22 bits per heavy atom. The minimum absolute atomic E-state index is 0.0468. The molecule has 3 rings (SSSR count). The van der Waals surface area contributed by atoms with Crippen LogP contribution in [0.15, 0.2) is 57.9 Å². The minimum Gasteiger partial charge on any atom is -0.324 e. The summed E-state index contributed by atoms with van der Waals surface area (Å²) in [5.41, 5.74) is 0.237. The van der Waals surface area contributed by atoms with Crippen molar-refractivity contribution in [3.63, 3.8) is 0 Å². The van der Waals surface area contributed by atoms with Crippen molar-refractivity contribution in [2.24, 2.45) is 0 Å².